The van der Waals surface area contributed by atoms with Crippen LogP contribution in [0.5, 0.6) is 0 Å². The van der Waals surface area contributed by atoms with Crippen LogP contribution >= 0.6 is 24.0 Å². The van der Waals surface area contributed by atoms with Gasteiger partial charge in [0.05, 0.1) is 13.2 Å². The molecule has 0 spiro atoms. The highest BCUT2D eigenvalue weighted by Crippen LogP contribution is 2.28. The van der Waals surface area contributed by atoms with E-state index in [1.807, 2.05) is 11.9 Å². The molecule has 0 radical (unpaired) electrons. The number of nitrogens with one attached hydrogen (secondary N) is 1. The van der Waals surface area contributed by atoms with E-state index in [9.17, 15) is 4.79 Å². The minimum Gasteiger partial charge on any atom is -0.379 e. The molecule has 1 N–H and O–H groups in total. The Kier molecular flexibility index (Phi) is 11.5. The summed E-state index contributed by atoms with van der Waals surface area (Å²) in [6, 6.07) is 0.379. The number of hydrogen-bond acceptors (Lipinski definition) is 3. The van der Waals surface area contributed by atoms with Crippen LogP contribution in [0.15, 0.2) is 4.99 Å². The largest absolute Gasteiger partial charge is 0.379 e. The zero-order chi connectivity index (χ0) is 18.1. The van der Waals surface area contributed by atoms with Gasteiger partial charge in [-0.05, 0) is 51.9 Å². The smallest absolute Gasteiger partial charge is 0.224 e. The van der Waals surface area contributed by atoms with Crippen molar-refractivity contribution in [2.24, 2.45) is 10.9 Å². The Hall–Kier alpha value is -0.570. The average Bonchev–Trinajstić information content (AvgIpc) is 3.42. The van der Waals surface area contributed by atoms with Gasteiger partial charge < -0.3 is 19.9 Å². The summed E-state index contributed by atoms with van der Waals surface area (Å²) >= 11 is 0. The van der Waals surface area contributed by atoms with Crippen LogP contribution in [0.1, 0.15) is 52.4 Å². The van der Waals surface area contributed by atoms with Crippen molar-refractivity contribution < 1.29 is 9.53 Å². The van der Waals surface area contributed by atoms with Crippen LogP contribution in [0.25, 0.3) is 0 Å². The van der Waals surface area contributed by atoms with Crippen molar-refractivity contribution in [3.8, 4) is 0 Å². The molecular weight excluding hydrogens is 443 g/mol. The van der Waals surface area contributed by atoms with E-state index in [1.54, 1.807) is 0 Å². The maximum atomic E-state index is 12.4. The predicted molar refractivity (Wildman–Crippen MR) is 117 cm³/mol. The molecule has 2 rings (SSSR count). The van der Waals surface area contributed by atoms with Gasteiger partial charge >= 0.3 is 0 Å². The van der Waals surface area contributed by atoms with Crippen molar-refractivity contribution in [3.05, 3.63) is 0 Å². The molecule has 1 amide bonds. The number of ether oxygens (including phenoxy) is 1. The molecule has 0 bridgehead atoms. The number of likely N-dealkylation sites (N-methyl/N-ethyl adjacent to an activating group) is 1. The summed E-state index contributed by atoms with van der Waals surface area (Å²) in [6.07, 6.45) is 6.63. The van der Waals surface area contributed by atoms with Gasteiger partial charge in [-0.2, -0.15) is 0 Å². The van der Waals surface area contributed by atoms with E-state index in [2.05, 4.69) is 29.1 Å². The van der Waals surface area contributed by atoms with Crippen LogP contribution in [0.2, 0.25) is 0 Å². The second-order valence-corrected chi connectivity index (χ2v) is 7.36. The van der Waals surface area contributed by atoms with E-state index in [0.717, 1.165) is 57.6 Å². The van der Waals surface area contributed by atoms with Crippen LogP contribution in [0.3, 0.4) is 0 Å². The fourth-order valence-corrected chi connectivity index (χ4v) is 3.18. The monoisotopic (exact) mass is 480 g/mol. The zero-order valence-corrected chi connectivity index (χ0v) is 19.0. The third-order valence-corrected chi connectivity index (χ3v) is 5.03. The van der Waals surface area contributed by atoms with E-state index in [1.165, 1.54) is 19.3 Å². The third-order valence-electron chi connectivity index (χ3n) is 5.03. The van der Waals surface area contributed by atoms with Crippen molar-refractivity contribution >= 4 is 35.8 Å². The Balaban J connectivity index is 0.00000338. The second-order valence-electron chi connectivity index (χ2n) is 7.36. The normalized spacial score (nSPS) is 20.5. The number of halogens is 1. The lowest BCUT2D eigenvalue weighted by Gasteiger charge is -2.33. The van der Waals surface area contributed by atoms with Gasteiger partial charge in [0.2, 0.25) is 5.91 Å². The lowest BCUT2D eigenvalue weighted by molar-refractivity contribution is -0.134. The van der Waals surface area contributed by atoms with Gasteiger partial charge in [-0.1, -0.05) is 0 Å². The summed E-state index contributed by atoms with van der Waals surface area (Å²) in [5.74, 6) is 1.90. The first-order valence-electron chi connectivity index (χ1n) is 9.98. The van der Waals surface area contributed by atoms with Gasteiger partial charge in [-0.15, -0.1) is 24.0 Å². The summed E-state index contributed by atoms with van der Waals surface area (Å²) in [5, 5.41) is 3.30. The van der Waals surface area contributed by atoms with Gasteiger partial charge in [0.15, 0.2) is 5.96 Å². The molecule has 2 fully saturated rings. The summed E-state index contributed by atoms with van der Waals surface area (Å²) < 4.78 is 5.71. The van der Waals surface area contributed by atoms with Crippen molar-refractivity contribution in [1.29, 1.82) is 0 Å². The third kappa shape index (κ3) is 8.41. The lowest BCUT2D eigenvalue weighted by atomic mass is 10.0. The molecular formula is C19H37IN4O2. The van der Waals surface area contributed by atoms with Gasteiger partial charge in [-0.3, -0.25) is 9.79 Å². The lowest BCUT2D eigenvalue weighted by Crippen LogP contribution is -2.43. The highest BCUT2D eigenvalue weighted by Gasteiger charge is 2.23. The molecule has 152 valence electrons. The first-order chi connectivity index (χ1) is 12.1. The van der Waals surface area contributed by atoms with E-state index >= 15 is 0 Å². The molecule has 0 aromatic carbocycles. The molecule has 0 aromatic heterocycles. The number of carbonyl (C=O) groups excluding carboxylic acids is 1. The summed E-state index contributed by atoms with van der Waals surface area (Å²) in [5.41, 5.74) is 0. The van der Waals surface area contributed by atoms with Crippen molar-refractivity contribution in [2.75, 3.05) is 46.4 Å². The minimum atomic E-state index is 0. The van der Waals surface area contributed by atoms with E-state index in [4.69, 9.17) is 4.74 Å². The minimum absolute atomic E-state index is 0. The Morgan fingerprint density at radius 1 is 1.31 bits per heavy atom. The topological polar surface area (TPSA) is 57.2 Å². The molecule has 1 unspecified atom stereocenters. The van der Waals surface area contributed by atoms with E-state index in [-0.39, 0.29) is 29.9 Å². The summed E-state index contributed by atoms with van der Waals surface area (Å²) in [7, 11) is 2.02. The predicted octanol–water partition coefficient (Wildman–Crippen LogP) is 2.72. The Morgan fingerprint density at radius 3 is 2.73 bits per heavy atom. The van der Waals surface area contributed by atoms with Crippen molar-refractivity contribution in [1.82, 2.24) is 15.1 Å². The first-order valence-corrected chi connectivity index (χ1v) is 9.98. The number of guanidine groups is 1. The molecule has 1 heterocycles. The first kappa shape index (κ1) is 23.5. The number of nitrogens with zero attached hydrogens (tertiary/aromatic N) is 3. The molecule has 6 nitrogen and oxygen atoms in total. The number of aliphatic imine (C=N–C) groups is 1. The number of rotatable bonds is 9. The second kappa shape index (κ2) is 12.8. The Labute approximate surface area is 176 Å². The maximum absolute atomic E-state index is 12.4. The Bertz CT molecular complexity index is 443. The number of likely N-dealkylation sites (tertiary alicyclic amines) is 1. The van der Waals surface area contributed by atoms with Crippen LogP contribution in [-0.2, 0) is 9.53 Å². The number of piperidine rings is 1. The fraction of sp³-hybridized carbons (Fsp3) is 0.895. The van der Waals surface area contributed by atoms with E-state index in [0.29, 0.717) is 19.0 Å². The van der Waals surface area contributed by atoms with Crippen LogP contribution in [0.4, 0.5) is 0 Å². The Morgan fingerprint density at radius 2 is 2.08 bits per heavy atom. The number of carbonyl (C=O) groups is 1. The molecule has 1 aliphatic heterocycles. The van der Waals surface area contributed by atoms with E-state index < -0.39 is 0 Å². The van der Waals surface area contributed by atoms with Crippen LogP contribution in [-0.4, -0.2) is 74.1 Å². The molecule has 0 aromatic rings. The SMILES string of the molecule is CCNC(=NCCC(=O)N1CCCCC1C)N(C)CCOCC1CC1.I. The molecule has 26 heavy (non-hydrogen) atoms. The molecule has 1 aliphatic carbocycles. The molecule has 2 aliphatic rings. The highest BCUT2D eigenvalue weighted by molar-refractivity contribution is 14.0. The van der Waals surface area contributed by atoms with Crippen LogP contribution in [0, 0.1) is 5.92 Å². The molecule has 1 saturated carbocycles. The van der Waals surface area contributed by atoms with Gasteiger partial charge in [-0.25, -0.2) is 0 Å². The standard InChI is InChI=1S/C19H36N4O2.HI/c1-4-20-19(22(3)13-14-25-15-17-8-9-17)21-11-10-18(24)23-12-6-5-7-16(23)2;/h16-17H,4-15H2,1-3H3,(H,20,21);1H. The maximum Gasteiger partial charge on any atom is 0.224 e. The fourth-order valence-electron chi connectivity index (χ4n) is 3.18. The zero-order valence-electron chi connectivity index (χ0n) is 16.7. The summed E-state index contributed by atoms with van der Waals surface area (Å²) in [4.78, 5) is 21.1. The van der Waals surface area contributed by atoms with Gasteiger partial charge in [0, 0.05) is 45.8 Å². The molecule has 7 heteroatoms. The van der Waals surface area contributed by atoms with Crippen molar-refractivity contribution in [3.63, 3.8) is 0 Å². The quantitative estimate of drug-likeness (QED) is 0.239. The summed E-state index contributed by atoms with van der Waals surface area (Å²) in [6.45, 7) is 8.91. The molecule has 1 atom stereocenters. The highest BCUT2D eigenvalue weighted by atomic mass is 127. The van der Waals surface area contributed by atoms with Gasteiger partial charge in [0.1, 0.15) is 0 Å². The molecule has 1 saturated heterocycles. The number of amides is 1. The average molecular weight is 480 g/mol. The van der Waals surface area contributed by atoms with Gasteiger partial charge in [0.25, 0.3) is 0 Å². The number of hydrogen-bond donors (Lipinski definition) is 1. The van der Waals surface area contributed by atoms with Crippen LogP contribution < -0.4 is 5.32 Å². The van der Waals surface area contributed by atoms with Crippen molar-refractivity contribution in [2.45, 2.75) is 58.4 Å².